The van der Waals surface area contributed by atoms with Crippen LogP contribution in [0.25, 0.3) is 5.69 Å². The van der Waals surface area contributed by atoms with Crippen LogP contribution in [0.5, 0.6) is 5.75 Å². The van der Waals surface area contributed by atoms with Gasteiger partial charge in [-0.3, -0.25) is 4.79 Å². The van der Waals surface area contributed by atoms with Crippen LogP contribution in [0, 0.1) is 13.8 Å². The molecule has 0 spiro atoms. The molecule has 0 radical (unpaired) electrons. The van der Waals surface area contributed by atoms with Crippen LogP contribution in [0.15, 0.2) is 91.0 Å². The highest BCUT2D eigenvalue weighted by Gasteiger charge is 2.28. The van der Waals surface area contributed by atoms with Crippen molar-refractivity contribution in [3.63, 3.8) is 0 Å². The van der Waals surface area contributed by atoms with Gasteiger partial charge in [-0.2, -0.15) is 0 Å². The monoisotopic (exact) mass is 468 g/mol. The summed E-state index contributed by atoms with van der Waals surface area (Å²) in [6.07, 6.45) is -1.14. The molecule has 35 heavy (non-hydrogen) atoms. The van der Waals surface area contributed by atoms with Gasteiger partial charge in [-0.15, -0.1) is 0 Å². The van der Waals surface area contributed by atoms with Gasteiger partial charge in [0, 0.05) is 22.6 Å². The second kappa shape index (κ2) is 10.7. The zero-order valence-electron chi connectivity index (χ0n) is 20.0. The number of carbonyl (C=O) groups is 2. The number of esters is 1. The molecule has 0 fully saturated rings. The SMILES string of the molecule is CCOc1ccccc1NC(=O)[C@H](OC(=O)c1cc(C)n(-c2ccccc2)c1C)c1ccccc1. The molecule has 0 saturated carbocycles. The molecule has 6 heteroatoms. The van der Waals surface area contributed by atoms with Gasteiger partial charge in [0.15, 0.2) is 0 Å². The Hall–Kier alpha value is -4.32. The van der Waals surface area contributed by atoms with Crippen molar-refractivity contribution in [3.05, 3.63) is 114 Å². The van der Waals surface area contributed by atoms with E-state index in [0.717, 1.165) is 17.1 Å². The van der Waals surface area contributed by atoms with Crippen LogP contribution >= 0.6 is 0 Å². The van der Waals surface area contributed by atoms with Gasteiger partial charge in [0.2, 0.25) is 6.10 Å². The molecule has 0 unspecified atom stereocenters. The molecule has 0 aliphatic rings. The number of para-hydroxylation sites is 3. The molecule has 0 aliphatic carbocycles. The first-order valence-electron chi connectivity index (χ1n) is 11.5. The van der Waals surface area contributed by atoms with Crippen molar-refractivity contribution in [1.82, 2.24) is 4.57 Å². The highest BCUT2D eigenvalue weighted by molar-refractivity contribution is 5.99. The van der Waals surface area contributed by atoms with Crippen molar-refractivity contribution in [1.29, 1.82) is 0 Å². The Labute approximate surface area is 205 Å². The lowest BCUT2D eigenvalue weighted by Gasteiger charge is -2.19. The quantitative estimate of drug-likeness (QED) is 0.321. The lowest BCUT2D eigenvalue weighted by atomic mass is 10.1. The highest BCUT2D eigenvalue weighted by Crippen LogP contribution is 2.28. The van der Waals surface area contributed by atoms with Gasteiger partial charge in [0.05, 0.1) is 17.9 Å². The zero-order chi connectivity index (χ0) is 24.8. The van der Waals surface area contributed by atoms with Gasteiger partial charge in [0.1, 0.15) is 5.75 Å². The predicted octanol–water partition coefficient (Wildman–Crippen LogP) is 6.03. The number of aryl methyl sites for hydroxylation is 1. The Kier molecular flexibility index (Phi) is 7.31. The summed E-state index contributed by atoms with van der Waals surface area (Å²) in [7, 11) is 0. The first kappa shape index (κ1) is 23.8. The van der Waals surface area contributed by atoms with E-state index in [9.17, 15) is 9.59 Å². The van der Waals surface area contributed by atoms with Gasteiger partial charge in [-0.25, -0.2) is 4.79 Å². The van der Waals surface area contributed by atoms with Crippen LogP contribution in [-0.4, -0.2) is 23.1 Å². The summed E-state index contributed by atoms with van der Waals surface area (Å²) in [4.78, 5) is 26.7. The maximum absolute atomic E-state index is 13.4. The van der Waals surface area contributed by atoms with Crippen molar-refractivity contribution in [3.8, 4) is 11.4 Å². The lowest BCUT2D eigenvalue weighted by Crippen LogP contribution is -2.26. The molecular formula is C29H28N2O4. The van der Waals surface area contributed by atoms with E-state index in [1.807, 2.05) is 67.8 Å². The molecule has 1 N–H and O–H groups in total. The summed E-state index contributed by atoms with van der Waals surface area (Å²) >= 11 is 0. The summed E-state index contributed by atoms with van der Waals surface area (Å²) in [6, 6.07) is 27.7. The predicted molar refractivity (Wildman–Crippen MR) is 136 cm³/mol. The Morgan fingerprint density at radius 3 is 2.20 bits per heavy atom. The van der Waals surface area contributed by atoms with Crippen LogP contribution in [-0.2, 0) is 9.53 Å². The number of rotatable bonds is 8. The van der Waals surface area contributed by atoms with E-state index in [0.29, 0.717) is 29.2 Å². The number of hydrogen-bond donors (Lipinski definition) is 1. The molecule has 1 aromatic heterocycles. The minimum absolute atomic E-state index is 0.412. The fourth-order valence-electron chi connectivity index (χ4n) is 4.06. The van der Waals surface area contributed by atoms with E-state index in [1.54, 1.807) is 48.5 Å². The Balaban J connectivity index is 1.63. The smallest absolute Gasteiger partial charge is 0.341 e. The second-order valence-corrected chi connectivity index (χ2v) is 8.07. The summed E-state index contributed by atoms with van der Waals surface area (Å²) in [5, 5.41) is 2.86. The first-order chi connectivity index (χ1) is 17.0. The van der Waals surface area contributed by atoms with Crippen molar-refractivity contribution in [2.45, 2.75) is 26.9 Å². The second-order valence-electron chi connectivity index (χ2n) is 8.07. The number of hydrogen-bond acceptors (Lipinski definition) is 4. The maximum atomic E-state index is 13.4. The van der Waals surface area contributed by atoms with E-state index < -0.39 is 18.0 Å². The number of ether oxygens (including phenoxy) is 2. The molecule has 4 aromatic rings. The number of aromatic nitrogens is 1. The third-order valence-corrected chi connectivity index (χ3v) is 5.68. The average Bonchev–Trinajstić information content (AvgIpc) is 3.18. The van der Waals surface area contributed by atoms with Crippen LogP contribution < -0.4 is 10.1 Å². The van der Waals surface area contributed by atoms with Gasteiger partial charge >= 0.3 is 5.97 Å². The Morgan fingerprint density at radius 2 is 1.51 bits per heavy atom. The molecule has 3 aromatic carbocycles. The largest absolute Gasteiger partial charge is 0.492 e. The van der Waals surface area contributed by atoms with E-state index in [2.05, 4.69) is 5.32 Å². The standard InChI is InChI=1S/C29H28N2O4/c1-4-34-26-18-12-11-17-25(26)30-28(32)27(22-13-7-5-8-14-22)35-29(33)24-19-20(2)31(21(24)3)23-15-9-6-10-16-23/h5-19,27H,4H2,1-3H3,(H,30,32)/t27-/m1/s1. The number of benzene rings is 3. The summed E-state index contributed by atoms with van der Waals surface area (Å²) < 4.78 is 13.5. The number of carbonyl (C=O) groups excluding carboxylic acids is 2. The molecule has 4 rings (SSSR count). The fraction of sp³-hybridized carbons (Fsp3) is 0.172. The van der Waals surface area contributed by atoms with E-state index in [-0.39, 0.29) is 0 Å². The molecule has 6 nitrogen and oxygen atoms in total. The number of nitrogens with zero attached hydrogens (tertiary/aromatic N) is 1. The number of anilines is 1. The van der Waals surface area contributed by atoms with Gasteiger partial charge in [-0.05, 0) is 51.1 Å². The Morgan fingerprint density at radius 1 is 0.886 bits per heavy atom. The van der Waals surface area contributed by atoms with Gasteiger partial charge in [0.25, 0.3) is 5.91 Å². The molecule has 178 valence electrons. The topological polar surface area (TPSA) is 69.6 Å². The van der Waals surface area contributed by atoms with E-state index >= 15 is 0 Å². The Bertz CT molecular complexity index is 1310. The van der Waals surface area contributed by atoms with Crippen LogP contribution in [0.2, 0.25) is 0 Å². The number of amides is 1. The van der Waals surface area contributed by atoms with Crippen molar-refractivity contribution in [2.24, 2.45) is 0 Å². The molecule has 1 atom stereocenters. The normalized spacial score (nSPS) is 11.5. The molecule has 0 aliphatic heterocycles. The van der Waals surface area contributed by atoms with Crippen molar-refractivity contribution < 1.29 is 19.1 Å². The minimum atomic E-state index is -1.14. The van der Waals surface area contributed by atoms with Gasteiger partial charge in [-0.1, -0.05) is 60.7 Å². The third-order valence-electron chi connectivity index (χ3n) is 5.68. The average molecular weight is 469 g/mol. The molecular weight excluding hydrogens is 440 g/mol. The minimum Gasteiger partial charge on any atom is -0.492 e. The summed E-state index contributed by atoms with van der Waals surface area (Å²) in [5.74, 6) is -0.483. The lowest BCUT2D eigenvalue weighted by molar-refractivity contribution is -0.125. The third kappa shape index (κ3) is 5.27. The summed E-state index contributed by atoms with van der Waals surface area (Å²) in [5.41, 5.74) is 4.09. The van der Waals surface area contributed by atoms with Crippen LogP contribution in [0.1, 0.15) is 40.3 Å². The van der Waals surface area contributed by atoms with Crippen LogP contribution in [0.3, 0.4) is 0 Å². The first-order valence-corrected chi connectivity index (χ1v) is 11.5. The van der Waals surface area contributed by atoms with Gasteiger partial charge < -0.3 is 19.4 Å². The summed E-state index contributed by atoms with van der Waals surface area (Å²) in [6.45, 7) is 6.13. The highest BCUT2D eigenvalue weighted by atomic mass is 16.5. The molecule has 1 heterocycles. The molecule has 1 amide bonds. The van der Waals surface area contributed by atoms with Crippen molar-refractivity contribution >= 4 is 17.6 Å². The number of nitrogens with one attached hydrogen (secondary N) is 1. The molecule has 0 saturated heterocycles. The van der Waals surface area contributed by atoms with Crippen molar-refractivity contribution in [2.75, 3.05) is 11.9 Å². The van der Waals surface area contributed by atoms with E-state index in [4.69, 9.17) is 9.47 Å². The fourth-order valence-corrected chi connectivity index (χ4v) is 4.06. The van der Waals surface area contributed by atoms with Crippen LogP contribution in [0.4, 0.5) is 5.69 Å². The zero-order valence-corrected chi connectivity index (χ0v) is 20.0. The maximum Gasteiger partial charge on any atom is 0.341 e. The molecule has 0 bridgehead atoms. The van der Waals surface area contributed by atoms with E-state index in [1.165, 1.54) is 0 Å².